The van der Waals surface area contributed by atoms with Gasteiger partial charge in [-0.3, -0.25) is 0 Å². The van der Waals surface area contributed by atoms with Gasteiger partial charge in [0.15, 0.2) is 0 Å². The minimum atomic E-state index is 0.411. The normalized spacial score (nSPS) is 10.2. The van der Waals surface area contributed by atoms with E-state index in [1.807, 2.05) is 18.7 Å². The van der Waals surface area contributed by atoms with Crippen LogP contribution in [0.15, 0.2) is 12.1 Å². The van der Waals surface area contributed by atoms with Gasteiger partial charge < -0.3 is 9.64 Å². The van der Waals surface area contributed by atoms with Gasteiger partial charge in [-0.2, -0.15) is 0 Å². The van der Waals surface area contributed by atoms with Crippen LogP contribution in [0.3, 0.4) is 0 Å². The fourth-order valence-corrected chi connectivity index (χ4v) is 2.58. The van der Waals surface area contributed by atoms with E-state index < -0.39 is 0 Å². The number of nitrogens with zero attached hydrogens (tertiary/aromatic N) is 1. The number of benzene rings is 1. The molecule has 0 saturated heterocycles. The molecule has 0 spiro atoms. The molecule has 94 valence electrons. The van der Waals surface area contributed by atoms with Crippen LogP contribution < -0.4 is 4.74 Å². The third-order valence-electron chi connectivity index (χ3n) is 2.19. The summed E-state index contributed by atoms with van der Waals surface area (Å²) in [6.45, 7) is 5.62. The second-order valence-electron chi connectivity index (χ2n) is 3.24. The number of hydrogen-bond donors (Lipinski definition) is 0. The Morgan fingerprint density at radius 3 is 2.41 bits per heavy atom. The highest BCUT2D eigenvalue weighted by Gasteiger charge is 2.12. The van der Waals surface area contributed by atoms with Crippen LogP contribution in [0.1, 0.15) is 13.8 Å². The first-order chi connectivity index (χ1) is 7.99. The molecule has 0 aliphatic rings. The summed E-state index contributed by atoms with van der Waals surface area (Å²) in [4.78, 5) is 1.93. The molecule has 0 aliphatic carbocycles. The highest BCUT2D eigenvalue weighted by molar-refractivity contribution is 14.1. The smallest absolute Gasteiger partial charge is 0.264 e. The lowest BCUT2D eigenvalue weighted by Gasteiger charge is -2.21. The molecule has 0 saturated carbocycles. The van der Waals surface area contributed by atoms with Crippen molar-refractivity contribution in [3.8, 4) is 5.75 Å². The molecule has 0 bridgehead atoms. The number of thiocarbonyl (C=S) groups is 1. The molecule has 0 atom stereocenters. The van der Waals surface area contributed by atoms with Crippen molar-refractivity contribution in [2.24, 2.45) is 0 Å². The van der Waals surface area contributed by atoms with E-state index in [9.17, 15) is 0 Å². The van der Waals surface area contributed by atoms with Crippen LogP contribution in [0.25, 0.3) is 0 Å². The minimum Gasteiger partial charge on any atom is -0.430 e. The first-order valence-corrected chi connectivity index (χ1v) is 7.35. The van der Waals surface area contributed by atoms with Gasteiger partial charge in [0.05, 0.1) is 10.0 Å². The summed E-state index contributed by atoms with van der Waals surface area (Å²) in [5, 5.41) is 1.52. The largest absolute Gasteiger partial charge is 0.430 e. The van der Waals surface area contributed by atoms with Gasteiger partial charge in [0.2, 0.25) is 0 Å². The van der Waals surface area contributed by atoms with E-state index in [2.05, 4.69) is 22.6 Å². The van der Waals surface area contributed by atoms with Gasteiger partial charge in [-0.1, -0.05) is 23.2 Å². The summed E-state index contributed by atoms with van der Waals surface area (Å²) in [6.07, 6.45) is 0. The minimum absolute atomic E-state index is 0.411. The lowest BCUT2D eigenvalue weighted by molar-refractivity contribution is 0.379. The van der Waals surface area contributed by atoms with Crippen molar-refractivity contribution in [2.75, 3.05) is 13.1 Å². The lowest BCUT2D eigenvalue weighted by atomic mass is 10.3. The van der Waals surface area contributed by atoms with Crippen LogP contribution >= 0.6 is 58.0 Å². The number of hydrogen-bond acceptors (Lipinski definition) is 2. The van der Waals surface area contributed by atoms with Gasteiger partial charge in [0, 0.05) is 22.7 Å². The number of halogens is 3. The second kappa shape index (κ2) is 6.97. The van der Waals surface area contributed by atoms with E-state index >= 15 is 0 Å². The van der Waals surface area contributed by atoms with Gasteiger partial charge in [-0.25, -0.2) is 0 Å². The highest BCUT2D eigenvalue weighted by Crippen LogP contribution is 2.32. The fraction of sp³-hybridized carbons (Fsp3) is 0.364. The molecule has 0 fully saturated rings. The van der Waals surface area contributed by atoms with Crippen LogP contribution in [0, 0.1) is 3.57 Å². The molecule has 1 rings (SSSR count). The zero-order chi connectivity index (χ0) is 13.0. The summed E-state index contributed by atoms with van der Waals surface area (Å²) in [5.41, 5.74) is 0. The zero-order valence-corrected chi connectivity index (χ0v) is 14.0. The van der Waals surface area contributed by atoms with Crippen molar-refractivity contribution in [1.82, 2.24) is 4.90 Å². The van der Waals surface area contributed by atoms with Gasteiger partial charge in [0.1, 0.15) is 5.75 Å². The van der Waals surface area contributed by atoms with Gasteiger partial charge in [-0.05, 0) is 54.7 Å². The predicted molar refractivity (Wildman–Crippen MR) is 85.3 cm³/mol. The van der Waals surface area contributed by atoms with Gasteiger partial charge in [-0.15, -0.1) is 0 Å². The standard InChI is InChI=1S/C11H12Cl2INOS/c1-3-15(4-2)11(17)16-10-6-7(12)9(14)5-8(10)13/h5-6H,3-4H2,1-2H3. The summed E-state index contributed by atoms with van der Waals surface area (Å²) in [7, 11) is 0. The van der Waals surface area contributed by atoms with E-state index in [1.165, 1.54) is 0 Å². The monoisotopic (exact) mass is 403 g/mol. The molecule has 17 heavy (non-hydrogen) atoms. The Bertz CT molecular complexity index is 424. The lowest BCUT2D eigenvalue weighted by Crippen LogP contribution is -2.32. The molecule has 0 N–H and O–H groups in total. The summed E-state index contributed by atoms with van der Waals surface area (Å²) in [6, 6.07) is 3.44. The van der Waals surface area contributed by atoms with Crippen LogP contribution in [0.5, 0.6) is 5.75 Å². The Morgan fingerprint density at radius 1 is 1.29 bits per heavy atom. The van der Waals surface area contributed by atoms with Crippen molar-refractivity contribution >= 4 is 63.2 Å². The van der Waals surface area contributed by atoms with Crippen LogP contribution in [-0.2, 0) is 0 Å². The Morgan fingerprint density at radius 2 is 1.88 bits per heavy atom. The third kappa shape index (κ3) is 4.12. The maximum atomic E-state index is 6.07. The molecule has 0 unspecified atom stereocenters. The molecular formula is C11H12Cl2INOS. The van der Waals surface area contributed by atoms with Crippen molar-refractivity contribution in [1.29, 1.82) is 0 Å². The van der Waals surface area contributed by atoms with Gasteiger partial charge >= 0.3 is 0 Å². The Labute approximate surface area is 130 Å². The zero-order valence-electron chi connectivity index (χ0n) is 9.47. The Kier molecular flexibility index (Phi) is 6.26. The van der Waals surface area contributed by atoms with Crippen molar-refractivity contribution in [2.45, 2.75) is 13.8 Å². The molecule has 2 nitrogen and oxygen atoms in total. The van der Waals surface area contributed by atoms with Crippen LogP contribution in [-0.4, -0.2) is 23.2 Å². The van der Waals surface area contributed by atoms with E-state index in [0.29, 0.717) is 21.0 Å². The topological polar surface area (TPSA) is 12.5 Å². The predicted octanol–water partition coefficient (Wildman–Crippen LogP) is 4.60. The van der Waals surface area contributed by atoms with Crippen molar-refractivity contribution < 1.29 is 4.74 Å². The molecule has 6 heteroatoms. The molecule has 0 heterocycles. The first kappa shape index (κ1) is 15.3. The van der Waals surface area contributed by atoms with Crippen molar-refractivity contribution in [3.05, 3.63) is 25.7 Å². The maximum Gasteiger partial charge on any atom is 0.264 e. The Balaban J connectivity index is 2.88. The average molecular weight is 404 g/mol. The molecule has 0 aliphatic heterocycles. The molecule has 1 aromatic rings. The SMILES string of the molecule is CCN(CC)C(=S)Oc1cc(Cl)c(I)cc1Cl. The molecular weight excluding hydrogens is 392 g/mol. The summed E-state index contributed by atoms with van der Waals surface area (Å²) in [5.74, 6) is 0.494. The Hall–Kier alpha value is 0.220. The van der Waals surface area contributed by atoms with Crippen LogP contribution in [0.2, 0.25) is 10.0 Å². The third-order valence-corrected chi connectivity index (χ3v) is 4.35. The summed E-state index contributed by atoms with van der Waals surface area (Å²) >= 11 is 19.4. The fourth-order valence-electron chi connectivity index (χ4n) is 1.22. The number of ether oxygens (including phenoxy) is 1. The highest BCUT2D eigenvalue weighted by atomic mass is 127. The van der Waals surface area contributed by atoms with E-state index in [-0.39, 0.29) is 0 Å². The molecule has 1 aromatic carbocycles. The van der Waals surface area contributed by atoms with E-state index in [0.717, 1.165) is 16.7 Å². The quantitative estimate of drug-likeness (QED) is 0.415. The molecule has 0 radical (unpaired) electrons. The van der Waals surface area contributed by atoms with E-state index in [1.54, 1.807) is 12.1 Å². The molecule has 0 aromatic heterocycles. The number of rotatable bonds is 3. The van der Waals surface area contributed by atoms with Gasteiger partial charge in [0.25, 0.3) is 5.17 Å². The second-order valence-corrected chi connectivity index (χ2v) is 5.56. The summed E-state index contributed by atoms with van der Waals surface area (Å²) < 4.78 is 6.45. The van der Waals surface area contributed by atoms with E-state index in [4.69, 9.17) is 40.2 Å². The maximum absolute atomic E-state index is 6.07. The van der Waals surface area contributed by atoms with Crippen molar-refractivity contribution in [3.63, 3.8) is 0 Å². The average Bonchev–Trinajstić information content (AvgIpc) is 2.27. The van der Waals surface area contributed by atoms with Crippen LogP contribution in [0.4, 0.5) is 0 Å². The first-order valence-electron chi connectivity index (χ1n) is 5.10. The molecule has 0 amide bonds.